The van der Waals surface area contributed by atoms with E-state index in [9.17, 15) is 0 Å². The van der Waals surface area contributed by atoms with E-state index in [-0.39, 0.29) is 0 Å². The molecule has 1 aromatic rings. The minimum atomic E-state index is 0.973. The van der Waals surface area contributed by atoms with Crippen LogP contribution in [-0.2, 0) is 0 Å². The molecule has 0 bridgehead atoms. The van der Waals surface area contributed by atoms with Crippen molar-refractivity contribution < 1.29 is 0 Å². The summed E-state index contributed by atoms with van der Waals surface area (Å²) in [5.74, 6) is 0. The molecule has 0 spiro atoms. The van der Waals surface area contributed by atoms with Gasteiger partial charge >= 0.3 is 0 Å². The third kappa shape index (κ3) is 0.719. The van der Waals surface area contributed by atoms with Gasteiger partial charge in [0.25, 0.3) is 0 Å². The highest BCUT2D eigenvalue weighted by Crippen LogP contribution is 2.23. The first-order chi connectivity index (χ1) is 4.97. The summed E-state index contributed by atoms with van der Waals surface area (Å²) in [6.45, 7) is 0. The molecule has 1 heterocycles. The lowest BCUT2D eigenvalue weighted by atomic mass is 10.3. The van der Waals surface area contributed by atoms with Crippen LogP contribution in [-0.4, -0.2) is 6.34 Å². The van der Waals surface area contributed by atoms with Crippen molar-refractivity contribution in [3.8, 4) is 0 Å². The van der Waals surface area contributed by atoms with Crippen molar-refractivity contribution in [2.75, 3.05) is 5.43 Å². The maximum absolute atomic E-state index is 4.09. The van der Waals surface area contributed by atoms with Crippen LogP contribution in [0.4, 0.5) is 11.4 Å². The van der Waals surface area contributed by atoms with Crippen molar-refractivity contribution in [2.45, 2.75) is 0 Å². The van der Waals surface area contributed by atoms with Crippen molar-refractivity contribution in [3.63, 3.8) is 0 Å². The van der Waals surface area contributed by atoms with Gasteiger partial charge in [-0.1, -0.05) is 12.1 Å². The van der Waals surface area contributed by atoms with E-state index in [4.69, 9.17) is 0 Å². The first kappa shape index (κ1) is 5.29. The number of para-hydroxylation sites is 2. The number of benzene rings is 1. The van der Waals surface area contributed by atoms with E-state index in [0.29, 0.717) is 0 Å². The van der Waals surface area contributed by atoms with Gasteiger partial charge in [-0.15, -0.1) is 0 Å². The molecule has 0 radical (unpaired) electrons. The van der Waals surface area contributed by atoms with Crippen LogP contribution in [0.25, 0.3) is 0 Å². The molecule has 3 nitrogen and oxygen atoms in total. The van der Waals surface area contributed by atoms with E-state index in [1.807, 2.05) is 24.3 Å². The number of hydrazine groups is 1. The largest absolute Gasteiger partial charge is 0.298 e. The van der Waals surface area contributed by atoms with E-state index < -0.39 is 0 Å². The van der Waals surface area contributed by atoms with Gasteiger partial charge in [0.1, 0.15) is 6.34 Å². The summed E-state index contributed by atoms with van der Waals surface area (Å²) < 4.78 is 0. The molecule has 1 aliphatic rings. The molecular weight excluding hydrogens is 126 g/mol. The molecule has 0 saturated carbocycles. The average molecular weight is 133 g/mol. The molecule has 10 heavy (non-hydrogen) atoms. The van der Waals surface area contributed by atoms with E-state index in [0.717, 1.165) is 11.4 Å². The smallest absolute Gasteiger partial charge is 0.107 e. The Balaban J connectivity index is 2.54. The molecular formula is C7H7N3. The molecule has 1 aliphatic heterocycles. The van der Waals surface area contributed by atoms with Crippen molar-refractivity contribution >= 4 is 17.7 Å². The Bertz CT molecular complexity index is 267. The molecule has 0 amide bonds. The van der Waals surface area contributed by atoms with E-state index in [1.165, 1.54) is 0 Å². The van der Waals surface area contributed by atoms with Gasteiger partial charge in [-0.2, -0.15) is 0 Å². The second-order valence-corrected chi connectivity index (χ2v) is 2.04. The highest BCUT2D eigenvalue weighted by atomic mass is 15.4. The Kier molecular flexibility index (Phi) is 1.07. The number of fused-ring (bicyclic) bond motifs is 1. The van der Waals surface area contributed by atoms with Crippen LogP contribution >= 0.6 is 0 Å². The number of aliphatic imine (C=N–C) groups is 1. The highest BCUT2D eigenvalue weighted by molar-refractivity contribution is 5.76. The number of nitrogens with zero attached hydrogens (tertiary/aromatic N) is 1. The quantitative estimate of drug-likeness (QED) is 0.559. The zero-order valence-corrected chi connectivity index (χ0v) is 5.33. The second kappa shape index (κ2) is 2.02. The van der Waals surface area contributed by atoms with Crippen LogP contribution in [0.15, 0.2) is 29.3 Å². The predicted molar refractivity (Wildman–Crippen MR) is 41.4 cm³/mol. The van der Waals surface area contributed by atoms with Gasteiger partial charge in [0, 0.05) is 0 Å². The lowest BCUT2D eigenvalue weighted by Crippen LogP contribution is -2.21. The fourth-order valence-electron chi connectivity index (χ4n) is 0.904. The summed E-state index contributed by atoms with van der Waals surface area (Å²) in [4.78, 5) is 4.09. The third-order valence-electron chi connectivity index (χ3n) is 1.38. The van der Waals surface area contributed by atoms with Gasteiger partial charge in [-0.05, 0) is 12.1 Å². The minimum Gasteiger partial charge on any atom is -0.298 e. The molecule has 0 saturated heterocycles. The van der Waals surface area contributed by atoms with Gasteiger partial charge in [-0.25, -0.2) is 4.99 Å². The van der Waals surface area contributed by atoms with Crippen LogP contribution in [0.5, 0.6) is 0 Å². The summed E-state index contributed by atoms with van der Waals surface area (Å²) in [5.41, 5.74) is 7.75. The second-order valence-electron chi connectivity index (χ2n) is 2.04. The van der Waals surface area contributed by atoms with Gasteiger partial charge in [0.05, 0.1) is 11.4 Å². The molecule has 2 N–H and O–H groups in total. The molecule has 2 rings (SSSR count). The number of anilines is 1. The monoisotopic (exact) mass is 133 g/mol. The minimum absolute atomic E-state index is 0.973. The summed E-state index contributed by atoms with van der Waals surface area (Å²) in [6.07, 6.45) is 1.63. The number of rotatable bonds is 0. The SMILES string of the molecule is C1=Nc2ccccc2NN1. The summed E-state index contributed by atoms with van der Waals surface area (Å²) in [6, 6.07) is 7.86. The van der Waals surface area contributed by atoms with Crippen LogP contribution < -0.4 is 10.9 Å². The average Bonchev–Trinajstić information content (AvgIpc) is 2.05. The maximum atomic E-state index is 4.09. The summed E-state index contributed by atoms with van der Waals surface area (Å²) >= 11 is 0. The van der Waals surface area contributed by atoms with Crippen LogP contribution in [0, 0.1) is 0 Å². The molecule has 1 aromatic carbocycles. The number of hydrogen-bond donors (Lipinski definition) is 2. The first-order valence-electron chi connectivity index (χ1n) is 3.10. The topological polar surface area (TPSA) is 36.4 Å². The molecule has 0 atom stereocenters. The molecule has 50 valence electrons. The molecule has 0 fully saturated rings. The Morgan fingerprint density at radius 3 is 3.00 bits per heavy atom. The first-order valence-corrected chi connectivity index (χ1v) is 3.10. The molecule has 0 aromatic heterocycles. The number of nitrogens with one attached hydrogen (secondary N) is 2. The molecule has 0 aliphatic carbocycles. The van der Waals surface area contributed by atoms with Crippen molar-refractivity contribution in [1.29, 1.82) is 0 Å². The summed E-state index contributed by atoms with van der Waals surface area (Å²) in [5, 5.41) is 0. The molecule has 3 heteroatoms. The van der Waals surface area contributed by atoms with Crippen LogP contribution in [0.2, 0.25) is 0 Å². The Morgan fingerprint density at radius 1 is 1.20 bits per heavy atom. The Hall–Kier alpha value is -1.51. The fraction of sp³-hybridized carbons (Fsp3) is 0. The fourth-order valence-corrected chi connectivity index (χ4v) is 0.904. The van der Waals surface area contributed by atoms with Gasteiger partial charge < -0.3 is 0 Å². The van der Waals surface area contributed by atoms with Gasteiger partial charge in [0.15, 0.2) is 0 Å². The van der Waals surface area contributed by atoms with Crippen molar-refractivity contribution in [2.24, 2.45) is 4.99 Å². The lowest BCUT2D eigenvalue weighted by Gasteiger charge is -2.11. The van der Waals surface area contributed by atoms with Gasteiger partial charge in [-0.3, -0.25) is 10.9 Å². The van der Waals surface area contributed by atoms with Gasteiger partial charge in [0.2, 0.25) is 0 Å². The maximum Gasteiger partial charge on any atom is 0.107 e. The zero-order chi connectivity index (χ0) is 6.81. The lowest BCUT2D eigenvalue weighted by molar-refractivity contribution is 1.12. The van der Waals surface area contributed by atoms with Crippen LogP contribution in [0.1, 0.15) is 0 Å². The predicted octanol–water partition coefficient (Wildman–Crippen LogP) is 1.28. The van der Waals surface area contributed by atoms with E-state index >= 15 is 0 Å². The number of hydrogen-bond acceptors (Lipinski definition) is 3. The zero-order valence-electron chi connectivity index (χ0n) is 5.33. The highest BCUT2D eigenvalue weighted by Gasteiger charge is 1.99. The van der Waals surface area contributed by atoms with E-state index in [1.54, 1.807) is 6.34 Å². The standard InChI is InChI=1S/C7H7N3/c1-2-4-7-6(3-1)8-5-9-10-7/h1-5,10H,(H,8,9). The Labute approximate surface area is 58.8 Å². The van der Waals surface area contributed by atoms with Crippen molar-refractivity contribution in [3.05, 3.63) is 24.3 Å². The van der Waals surface area contributed by atoms with Crippen LogP contribution in [0.3, 0.4) is 0 Å². The third-order valence-corrected chi connectivity index (χ3v) is 1.38. The molecule has 0 unspecified atom stereocenters. The Morgan fingerprint density at radius 2 is 2.10 bits per heavy atom. The van der Waals surface area contributed by atoms with Crippen molar-refractivity contribution in [1.82, 2.24) is 5.43 Å². The normalized spacial score (nSPS) is 13.2. The van der Waals surface area contributed by atoms with E-state index in [2.05, 4.69) is 15.8 Å². The summed E-state index contributed by atoms with van der Waals surface area (Å²) in [7, 11) is 0.